The van der Waals surface area contributed by atoms with Gasteiger partial charge in [0.2, 0.25) is 5.95 Å². The van der Waals surface area contributed by atoms with Crippen molar-refractivity contribution in [2.75, 3.05) is 12.4 Å². The number of hydrogen-bond donors (Lipinski definition) is 1. The van der Waals surface area contributed by atoms with Crippen LogP contribution < -0.4 is 14.8 Å². The number of anilines is 1. The molecule has 0 saturated heterocycles. The highest BCUT2D eigenvalue weighted by Gasteiger charge is 2.41. The van der Waals surface area contributed by atoms with E-state index in [4.69, 9.17) is 9.47 Å². The number of hydrogen-bond acceptors (Lipinski definition) is 5. The molecule has 4 aromatic rings. The van der Waals surface area contributed by atoms with Crippen LogP contribution in [0, 0.1) is 11.6 Å². The molecular formula is C25H18F2N4O2. The summed E-state index contributed by atoms with van der Waals surface area (Å²) in [7, 11) is 1.60. The molecule has 0 bridgehead atoms. The molecule has 1 aromatic heterocycles. The van der Waals surface area contributed by atoms with Gasteiger partial charge in [-0.2, -0.15) is 10.1 Å². The van der Waals surface area contributed by atoms with Gasteiger partial charge in [-0.1, -0.05) is 24.3 Å². The van der Waals surface area contributed by atoms with E-state index in [1.165, 1.54) is 30.6 Å². The van der Waals surface area contributed by atoms with Gasteiger partial charge in [0.05, 0.1) is 12.8 Å². The highest BCUT2D eigenvalue weighted by atomic mass is 19.1. The van der Waals surface area contributed by atoms with Crippen molar-refractivity contribution in [3.63, 3.8) is 0 Å². The van der Waals surface area contributed by atoms with E-state index in [0.29, 0.717) is 17.4 Å². The first-order chi connectivity index (χ1) is 16.1. The second-order valence-electron chi connectivity index (χ2n) is 7.85. The van der Waals surface area contributed by atoms with E-state index < -0.39 is 12.1 Å². The number of rotatable bonds is 3. The summed E-state index contributed by atoms with van der Waals surface area (Å²) < 4.78 is 41.1. The maximum Gasteiger partial charge on any atom is 0.226 e. The molecule has 0 unspecified atom stereocenters. The molecular weight excluding hydrogens is 426 g/mol. The third-order valence-corrected chi connectivity index (χ3v) is 5.98. The second-order valence-corrected chi connectivity index (χ2v) is 7.85. The Labute approximate surface area is 188 Å². The minimum atomic E-state index is -0.555. The Hall–Kier alpha value is -4.20. The minimum absolute atomic E-state index is 0.326. The highest BCUT2D eigenvalue weighted by molar-refractivity contribution is 5.85. The van der Waals surface area contributed by atoms with E-state index in [9.17, 15) is 8.78 Å². The molecule has 0 amide bonds. The molecule has 3 heterocycles. The Balaban J connectivity index is 1.62. The summed E-state index contributed by atoms with van der Waals surface area (Å²) in [6.45, 7) is 0. The summed E-state index contributed by atoms with van der Waals surface area (Å²) in [5.74, 6) is 1.18. The summed E-state index contributed by atoms with van der Waals surface area (Å²) in [6.07, 6.45) is 0.917. The van der Waals surface area contributed by atoms with E-state index in [1.807, 2.05) is 18.2 Å². The highest BCUT2D eigenvalue weighted by Crippen LogP contribution is 2.51. The van der Waals surface area contributed by atoms with Crippen LogP contribution in [-0.2, 0) is 0 Å². The first kappa shape index (κ1) is 19.5. The van der Waals surface area contributed by atoms with Crippen LogP contribution in [0.25, 0.3) is 5.70 Å². The topological polar surface area (TPSA) is 61.2 Å². The van der Waals surface area contributed by atoms with Gasteiger partial charge in [0.1, 0.15) is 41.6 Å². The largest absolute Gasteiger partial charge is 0.497 e. The van der Waals surface area contributed by atoms with Crippen molar-refractivity contribution in [2.24, 2.45) is 0 Å². The molecule has 2 atom stereocenters. The molecule has 2 aliphatic heterocycles. The third kappa shape index (κ3) is 3.14. The normalized spacial score (nSPS) is 18.5. The zero-order valence-corrected chi connectivity index (χ0v) is 17.5. The van der Waals surface area contributed by atoms with Crippen LogP contribution in [0.4, 0.5) is 14.7 Å². The van der Waals surface area contributed by atoms with Gasteiger partial charge in [-0.25, -0.2) is 13.5 Å². The maximum absolute atomic E-state index is 13.7. The van der Waals surface area contributed by atoms with Crippen LogP contribution in [0.5, 0.6) is 11.5 Å². The van der Waals surface area contributed by atoms with Gasteiger partial charge in [0.15, 0.2) is 0 Å². The van der Waals surface area contributed by atoms with Crippen molar-refractivity contribution < 1.29 is 18.3 Å². The number of methoxy groups -OCH3 is 1. The van der Waals surface area contributed by atoms with Gasteiger partial charge in [0.25, 0.3) is 0 Å². The first-order valence-electron chi connectivity index (χ1n) is 10.4. The van der Waals surface area contributed by atoms with Crippen molar-refractivity contribution in [2.45, 2.75) is 12.1 Å². The summed E-state index contributed by atoms with van der Waals surface area (Å²) in [5.41, 5.74) is 4.12. The Bertz CT molecular complexity index is 1380. The number of halogens is 2. The van der Waals surface area contributed by atoms with Gasteiger partial charge < -0.3 is 14.8 Å². The van der Waals surface area contributed by atoms with E-state index in [-0.39, 0.29) is 11.6 Å². The number of ether oxygens (including phenoxy) is 2. The number of nitrogens with zero attached hydrogens (tertiary/aromatic N) is 3. The first-order valence-corrected chi connectivity index (χ1v) is 10.4. The molecule has 2 aliphatic rings. The predicted octanol–water partition coefficient (Wildman–Crippen LogP) is 5.12. The second kappa shape index (κ2) is 7.44. The van der Waals surface area contributed by atoms with Gasteiger partial charge in [0, 0.05) is 17.2 Å². The van der Waals surface area contributed by atoms with Gasteiger partial charge in [-0.3, -0.25) is 0 Å². The summed E-state index contributed by atoms with van der Waals surface area (Å²) in [5, 5.41) is 7.83. The molecule has 0 aliphatic carbocycles. The van der Waals surface area contributed by atoms with E-state index >= 15 is 0 Å². The molecule has 8 heteroatoms. The SMILES string of the molecule is COc1ccc2c(c1)O[C@H](c1ccc(F)cc1)C1=C2Nc2ncnn2[C@H]1c1ccc(F)cc1. The summed E-state index contributed by atoms with van der Waals surface area (Å²) in [4.78, 5) is 4.37. The molecule has 6 rings (SSSR count). The van der Waals surface area contributed by atoms with Crippen LogP contribution in [0.1, 0.15) is 28.8 Å². The predicted molar refractivity (Wildman–Crippen MR) is 118 cm³/mol. The van der Waals surface area contributed by atoms with E-state index in [1.54, 1.807) is 36.1 Å². The van der Waals surface area contributed by atoms with Crippen LogP contribution in [0.15, 0.2) is 78.6 Å². The Morgan fingerprint density at radius 1 is 0.939 bits per heavy atom. The molecule has 1 N–H and O–H groups in total. The van der Waals surface area contributed by atoms with Crippen LogP contribution in [0.2, 0.25) is 0 Å². The number of benzene rings is 3. The summed E-state index contributed by atoms with van der Waals surface area (Å²) >= 11 is 0. The lowest BCUT2D eigenvalue weighted by Crippen LogP contribution is -2.32. The Kier molecular flexibility index (Phi) is 4.39. The molecule has 6 nitrogen and oxygen atoms in total. The van der Waals surface area contributed by atoms with Crippen LogP contribution >= 0.6 is 0 Å². The van der Waals surface area contributed by atoms with Crippen molar-refractivity contribution in [1.82, 2.24) is 14.8 Å². The van der Waals surface area contributed by atoms with Crippen LogP contribution in [0.3, 0.4) is 0 Å². The molecule has 164 valence electrons. The number of fused-ring (bicyclic) bond motifs is 3. The molecule has 33 heavy (non-hydrogen) atoms. The van der Waals surface area contributed by atoms with Crippen molar-refractivity contribution >= 4 is 11.6 Å². The standard InChI is InChI=1S/C25H18F2N4O2/c1-32-18-10-11-19-20(12-18)33-24(15-4-8-17(27)9-5-15)21-22(19)30-25-28-13-29-31(25)23(21)14-2-6-16(26)7-3-14/h2-13,23-24H,1H3,(H,28,29,30)/t23-,24+/m0/s1. The van der Waals surface area contributed by atoms with Crippen molar-refractivity contribution in [3.8, 4) is 11.5 Å². The van der Waals surface area contributed by atoms with Gasteiger partial charge in [-0.15, -0.1) is 0 Å². The third-order valence-electron chi connectivity index (χ3n) is 5.98. The fourth-order valence-electron chi connectivity index (χ4n) is 4.45. The molecule has 3 aromatic carbocycles. The minimum Gasteiger partial charge on any atom is -0.497 e. The average molecular weight is 444 g/mol. The van der Waals surface area contributed by atoms with E-state index in [0.717, 1.165) is 28.0 Å². The zero-order valence-electron chi connectivity index (χ0n) is 17.5. The number of aromatic nitrogens is 3. The molecule has 0 saturated carbocycles. The van der Waals surface area contributed by atoms with Crippen molar-refractivity contribution in [3.05, 3.63) is 107 Å². The van der Waals surface area contributed by atoms with E-state index in [2.05, 4.69) is 15.4 Å². The molecule has 0 radical (unpaired) electrons. The average Bonchev–Trinajstić information content (AvgIpc) is 3.31. The van der Waals surface area contributed by atoms with Crippen molar-refractivity contribution in [1.29, 1.82) is 0 Å². The fourth-order valence-corrected chi connectivity index (χ4v) is 4.45. The quantitative estimate of drug-likeness (QED) is 0.475. The van der Waals surface area contributed by atoms with Gasteiger partial charge in [-0.05, 0) is 47.5 Å². The van der Waals surface area contributed by atoms with Crippen LogP contribution in [-0.4, -0.2) is 21.9 Å². The lowest BCUT2D eigenvalue weighted by atomic mass is 9.84. The summed E-state index contributed by atoms with van der Waals surface area (Å²) in [6, 6.07) is 17.7. The number of nitrogens with one attached hydrogen (secondary N) is 1. The molecule has 0 spiro atoms. The Morgan fingerprint density at radius 2 is 1.64 bits per heavy atom. The lowest BCUT2D eigenvalue weighted by Gasteiger charge is -2.39. The monoisotopic (exact) mass is 444 g/mol. The Morgan fingerprint density at radius 3 is 2.33 bits per heavy atom. The molecule has 0 fully saturated rings. The van der Waals surface area contributed by atoms with Gasteiger partial charge >= 0.3 is 0 Å². The maximum atomic E-state index is 13.7. The lowest BCUT2D eigenvalue weighted by molar-refractivity contribution is 0.222. The fraction of sp³-hybridized carbons (Fsp3) is 0.120. The zero-order chi connectivity index (χ0) is 22.5. The smallest absolute Gasteiger partial charge is 0.226 e.